The van der Waals surface area contributed by atoms with E-state index in [1.807, 2.05) is 0 Å². The molecule has 2 unspecified atom stereocenters. The standard InChI is InChI=1S/C20H25N11O7S3/c1-2-9(17(34)35)38-26-10(13-24-19(22)41-27-13)14(32)23-11-15(33)31-12(18(36)37)8(6-39-16(11)31)7-40-20-25-28-29-30(20)5-3-4-21/h9,11,16H,2-7,21H2,1H3,(H,23,32)(H,34,35)(H,36,37)(H2,22,24,27)/t9?,11?,16-/m1/s1. The van der Waals surface area contributed by atoms with Gasteiger partial charge in [0.05, 0.1) is 0 Å². The van der Waals surface area contributed by atoms with Gasteiger partial charge in [0.25, 0.3) is 11.8 Å². The van der Waals surface area contributed by atoms with Crippen molar-refractivity contribution in [3.8, 4) is 0 Å². The van der Waals surface area contributed by atoms with Crippen LogP contribution >= 0.6 is 35.1 Å². The number of nitrogens with one attached hydrogen (secondary N) is 1. The van der Waals surface area contributed by atoms with Crippen molar-refractivity contribution in [2.75, 3.05) is 23.8 Å². The summed E-state index contributed by atoms with van der Waals surface area (Å²) in [5.41, 5.74) is 11.0. The summed E-state index contributed by atoms with van der Waals surface area (Å²) in [6.45, 7) is 2.52. The Labute approximate surface area is 244 Å². The molecule has 2 aromatic rings. The maximum atomic E-state index is 13.1. The average molecular weight is 628 g/mol. The number of nitrogens with two attached hydrogens (primary N) is 2. The zero-order valence-electron chi connectivity index (χ0n) is 21.4. The molecule has 0 aliphatic carbocycles. The third-order valence-electron chi connectivity index (χ3n) is 5.77. The molecule has 1 saturated heterocycles. The molecule has 18 nitrogen and oxygen atoms in total. The minimum absolute atomic E-state index is 0.0227. The van der Waals surface area contributed by atoms with Crippen LogP contribution in [0.5, 0.6) is 0 Å². The topological polar surface area (TPSA) is 267 Å². The van der Waals surface area contributed by atoms with Gasteiger partial charge in [0.15, 0.2) is 5.13 Å². The maximum absolute atomic E-state index is 13.1. The van der Waals surface area contributed by atoms with Gasteiger partial charge in [-0.05, 0) is 35.4 Å². The number of hydrogen-bond acceptors (Lipinski definition) is 16. The monoisotopic (exact) mass is 627 g/mol. The first kappa shape index (κ1) is 30.1. The number of carboxylic acid groups (broad SMARTS) is 2. The number of anilines is 1. The molecule has 2 aromatic heterocycles. The SMILES string of the molecule is CCC(ON=C(C(=O)NC1C(=O)N2C(C(=O)O)=C(CSc3nnnn3CCCN)CS[C@H]12)c1nsc(N)n1)C(=O)O. The van der Waals surface area contributed by atoms with E-state index in [-0.39, 0.29) is 34.6 Å². The smallest absolute Gasteiger partial charge is 0.352 e. The number of nitrogen functional groups attached to an aromatic ring is 1. The Morgan fingerprint density at radius 2 is 2.12 bits per heavy atom. The third kappa shape index (κ3) is 6.57. The second kappa shape index (κ2) is 13.2. The first-order valence-electron chi connectivity index (χ1n) is 12.0. The number of carboxylic acids is 2. The Morgan fingerprint density at radius 3 is 2.76 bits per heavy atom. The second-order valence-electron chi connectivity index (χ2n) is 8.47. The van der Waals surface area contributed by atoms with E-state index in [2.05, 4.69) is 35.4 Å². The largest absolute Gasteiger partial charge is 0.478 e. The molecular weight excluding hydrogens is 602 g/mol. The molecule has 4 rings (SSSR count). The minimum atomic E-state index is -1.34. The van der Waals surface area contributed by atoms with E-state index in [1.165, 1.54) is 23.5 Å². The van der Waals surface area contributed by atoms with Gasteiger partial charge in [-0.3, -0.25) is 14.5 Å². The first-order valence-corrected chi connectivity index (χ1v) is 14.8. The number of aryl methyl sites for hydroxylation is 1. The highest BCUT2D eigenvalue weighted by Crippen LogP contribution is 2.41. The molecule has 2 amide bonds. The van der Waals surface area contributed by atoms with Gasteiger partial charge in [-0.15, -0.1) is 16.9 Å². The molecule has 3 atom stereocenters. The Kier molecular flexibility index (Phi) is 9.73. The molecule has 7 N–H and O–H groups in total. The molecule has 1 fully saturated rings. The van der Waals surface area contributed by atoms with Gasteiger partial charge in [-0.1, -0.05) is 23.8 Å². The Hall–Kier alpha value is -3.82. The Bertz CT molecular complexity index is 1390. The summed E-state index contributed by atoms with van der Waals surface area (Å²) in [6, 6.07) is -1.10. The number of tetrazole rings is 1. The summed E-state index contributed by atoms with van der Waals surface area (Å²) in [4.78, 5) is 59.8. The van der Waals surface area contributed by atoms with Crippen molar-refractivity contribution in [2.24, 2.45) is 10.9 Å². The highest BCUT2D eigenvalue weighted by molar-refractivity contribution is 8.01. The fourth-order valence-electron chi connectivity index (χ4n) is 3.76. The van der Waals surface area contributed by atoms with Gasteiger partial charge in [0.1, 0.15) is 17.1 Å². The third-order valence-corrected chi connectivity index (χ3v) is 8.70. The molecule has 21 heteroatoms. The lowest BCUT2D eigenvalue weighted by atomic mass is 10.0. The fraction of sp³-hybridized carbons (Fsp3) is 0.500. The summed E-state index contributed by atoms with van der Waals surface area (Å²) in [5, 5.41) is 36.7. The van der Waals surface area contributed by atoms with Gasteiger partial charge in [-0.25, -0.2) is 14.3 Å². The van der Waals surface area contributed by atoms with Crippen LogP contribution in [0.1, 0.15) is 25.6 Å². The fourth-order valence-corrected chi connectivity index (χ4v) is 6.59. The molecule has 0 saturated carbocycles. The lowest BCUT2D eigenvalue weighted by molar-refractivity contribution is -0.151. The van der Waals surface area contributed by atoms with E-state index < -0.39 is 47.0 Å². The highest BCUT2D eigenvalue weighted by atomic mass is 32.2. The molecule has 0 aromatic carbocycles. The molecule has 41 heavy (non-hydrogen) atoms. The minimum Gasteiger partial charge on any atom is -0.478 e. The number of nitrogens with zero attached hydrogens (tertiary/aromatic N) is 8. The van der Waals surface area contributed by atoms with Crippen molar-refractivity contribution in [1.82, 2.24) is 39.8 Å². The number of aromatic nitrogens is 6. The van der Waals surface area contributed by atoms with Crippen LogP contribution in [0.3, 0.4) is 0 Å². The van der Waals surface area contributed by atoms with Crippen LogP contribution in [-0.4, -0.2) is 110 Å². The maximum Gasteiger partial charge on any atom is 0.352 e. The number of oxime groups is 1. The predicted molar refractivity (Wildman–Crippen MR) is 146 cm³/mol. The highest BCUT2D eigenvalue weighted by Gasteiger charge is 2.54. The summed E-state index contributed by atoms with van der Waals surface area (Å²) >= 11 is 3.29. The number of carbonyl (C=O) groups is 4. The predicted octanol–water partition coefficient (Wildman–Crippen LogP) is -1.43. The molecule has 2 aliphatic rings. The zero-order chi connectivity index (χ0) is 29.7. The lowest BCUT2D eigenvalue weighted by Gasteiger charge is -2.49. The van der Waals surface area contributed by atoms with Gasteiger partial charge in [0.2, 0.25) is 22.8 Å². The number of hydrogen-bond donors (Lipinski definition) is 5. The van der Waals surface area contributed by atoms with Gasteiger partial charge < -0.3 is 31.8 Å². The van der Waals surface area contributed by atoms with Crippen molar-refractivity contribution in [2.45, 2.75) is 49.0 Å². The van der Waals surface area contributed by atoms with Crippen LogP contribution in [0.25, 0.3) is 0 Å². The molecular formula is C20H25N11O7S3. The molecule has 0 radical (unpaired) electrons. The number of thioether (sulfide) groups is 2. The van der Waals surface area contributed by atoms with Crippen LogP contribution in [0.2, 0.25) is 0 Å². The second-order valence-corrected chi connectivity index (χ2v) is 11.3. The quantitative estimate of drug-likeness (QED) is 0.0695. The first-order chi connectivity index (χ1) is 19.7. The van der Waals surface area contributed by atoms with Crippen LogP contribution < -0.4 is 16.8 Å². The van der Waals surface area contributed by atoms with Crippen molar-refractivity contribution in [3.63, 3.8) is 0 Å². The number of aliphatic carboxylic acids is 2. The van der Waals surface area contributed by atoms with Crippen molar-refractivity contribution >= 4 is 69.7 Å². The van der Waals surface area contributed by atoms with Crippen LogP contribution in [0.4, 0.5) is 5.13 Å². The van der Waals surface area contributed by atoms with E-state index in [0.29, 0.717) is 30.2 Å². The van der Waals surface area contributed by atoms with E-state index in [4.69, 9.17) is 16.3 Å². The van der Waals surface area contributed by atoms with Crippen LogP contribution in [0, 0.1) is 0 Å². The number of rotatable bonds is 14. The average Bonchev–Trinajstić information content (AvgIpc) is 3.58. The summed E-state index contributed by atoms with van der Waals surface area (Å²) in [6.07, 6.45) is -0.617. The van der Waals surface area contributed by atoms with E-state index in [1.54, 1.807) is 11.6 Å². The van der Waals surface area contributed by atoms with Crippen molar-refractivity contribution in [3.05, 3.63) is 17.1 Å². The molecule has 220 valence electrons. The normalized spacial score (nSPS) is 19.4. The molecule has 4 heterocycles. The summed E-state index contributed by atoms with van der Waals surface area (Å²) < 4.78 is 5.50. The number of amides is 2. The van der Waals surface area contributed by atoms with Crippen molar-refractivity contribution in [1.29, 1.82) is 0 Å². The summed E-state index contributed by atoms with van der Waals surface area (Å²) in [5.74, 6) is -3.88. The van der Waals surface area contributed by atoms with Gasteiger partial charge in [-0.2, -0.15) is 9.36 Å². The number of fused-ring (bicyclic) bond motifs is 1. The van der Waals surface area contributed by atoms with Crippen LogP contribution in [-0.2, 0) is 30.6 Å². The Morgan fingerprint density at radius 1 is 1.34 bits per heavy atom. The number of carbonyl (C=O) groups excluding carboxylic acids is 2. The molecule has 0 bridgehead atoms. The lowest BCUT2D eigenvalue weighted by Crippen LogP contribution is -2.71. The molecule has 2 aliphatic heterocycles. The summed E-state index contributed by atoms with van der Waals surface area (Å²) in [7, 11) is 0. The van der Waals surface area contributed by atoms with Crippen molar-refractivity contribution < 1.29 is 34.2 Å². The number of β-lactam (4-membered cyclic amide) rings is 1. The van der Waals surface area contributed by atoms with Gasteiger partial charge in [0, 0.05) is 29.6 Å². The van der Waals surface area contributed by atoms with E-state index >= 15 is 0 Å². The zero-order valence-corrected chi connectivity index (χ0v) is 23.8. The Balaban J connectivity index is 1.49. The van der Waals surface area contributed by atoms with Gasteiger partial charge >= 0.3 is 11.9 Å². The molecule has 0 spiro atoms. The van der Waals surface area contributed by atoms with Crippen LogP contribution in [0.15, 0.2) is 21.6 Å². The van der Waals surface area contributed by atoms with E-state index in [9.17, 15) is 29.4 Å². The van der Waals surface area contributed by atoms with E-state index in [0.717, 1.165) is 16.4 Å².